The van der Waals surface area contributed by atoms with Crippen molar-refractivity contribution < 1.29 is 4.92 Å². The van der Waals surface area contributed by atoms with E-state index >= 15 is 0 Å². The van der Waals surface area contributed by atoms with Crippen LogP contribution in [0.25, 0.3) is 0 Å². The number of likely N-dealkylation sites (N-methyl/N-ethyl adjacent to an activating group) is 1. The van der Waals surface area contributed by atoms with E-state index in [1.54, 1.807) is 12.2 Å². The molecule has 0 saturated heterocycles. The lowest BCUT2D eigenvalue weighted by atomic mass is 9.73. The molecule has 0 spiro atoms. The molecule has 0 aromatic carbocycles. The van der Waals surface area contributed by atoms with Crippen LogP contribution in [0.4, 0.5) is 0 Å². The maximum Gasteiger partial charge on any atom is 0.265 e. The van der Waals surface area contributed by atoms with Crippen LogP contribution in [0.3, 0.4) is 0 Å². The van der Waals surface area contributed by atoms with Crippen molar-refractivity contribution in [3.8, 4) is 0 Å². The second-order valence-corrected chi connectivity index (χ2v) is 7.20. The summed E-state index contributed by atoms with van der Waals surface area (Å²) in [7, 11) is 2.12. The highest BCUT2D eigenvalue weighted by atomic mass is 16.6. The Kier molecular flexibility index (Phi) is 5.68. The van der Waals surface area contributed by atoms with Gasteiger partial charge in [-0.25, -0.2) is 0 Å². The average molecular weight is 330 g/mol. The van der Waals surface area contributed by atoms with Gasteiger partial charge < -0.3 is 4.90 Å². The van der Waals surface area contributed by atoms with Gasteiger partial charge in [0.2, 0.25) is 0 Å². The minimum Gasteiger partial charge on any atom is -0.368 e. The molecule has 4 nitrogen and oxygen atoms in total. The molecule has 0 aromatic heterocycles. The summed E-state index contributed by atoms with van der Waals surface area (Å²) in [4.78, 5) is 13.2. The summed E-state index contributed by atoms with van der Waals surface area (Å²) in [5.41, 5.74) is 4.44. The number of fused-ring (bicyclic) bond motifs is 1. The molecule has 0 radical (unpaired) electrons. The number of unbranched alkanes of at least 4 members (excludes halogenated alkanes) is 4. The van der Waals surface area contributed by atoms with Crippen LogP contribution in [0.15, 0.2) is 46.8 Å². The summed E-state index contributed by atoms with van der Waals surface area (Å²) in [6, 6.07) is 0. The molecule has 0 fully saturated rings. The predicted octanol–water partition coefficient (Wildman–Crippen LogP) is 5.37. The van der Waals surface area contributed by atoms with Crippen LogP contribution in [-0.2, 0) is 0 Å². The molecule has 24 heavy (non-hydrogen) atoms. The maximum absolute atomic E-state index is 11.1. The van der Waals surface area contributed by atoms with Crippen LogP contribution in [0.5, 0.6) is 0 Å². The lowest BCUT2D eigenvalue weighted by Crippen LogP contribution is -2.49. The lowest BCUT2D eigenvalue weighted by molar-refractivity contribution is -0.419. The van der Waals surface area contributed by atoms with E-state index < -0.39 is 0 Å². The highest BCUT2D eigenvalue weighted by molar-refractivity contribution is 5.57. The highest BCUT2D eigenvalue weighted by Crippen LogP contribution is 2.46. The minimum atomic E-state index is -0.303. The Morgan fingerprint density at radius 1 is 1.33 bits per heavy atom. The average Bonchev–Trinajstić information content (AvgIpc) is 2.55. The molecule has 1 unspecified atom stereocenters. The summed E-state index contributed by atoms with van der Waals surface area (Å²) >= 11 is 0. The highest BCUT2D eigenvalue weighted by Gasteiger charge is 2.42. The first-order valence-corrected chi connectivity index (χ1v) is 9.03. The molecule has 2 rings (SSSR count). The minimum absolute atomic E-state index is 0.188. The molecule has 1 aliphatic heterocycles. The smallest absolute Gasteiger partial charge is 0.265 e. The van der Waals surface area contributed by atoms with Crippen LogP contribution in [-0.4, -0.2) is 22.4 Å². The van der Waals surface area contributed by atoms with Gasteiger partial charge in [0, 0.05) is 18.8 Å². The van der Waals surface area contributed by atoms with Gasteiger partial charge >= 0.3 is 0 Å². The van der Waals surface area contributed by atoms with Gasteiger partial charge in [-0.3, -0.25) is 10.1 Å². The monoisotopic (exact) mass is 330 g/mol. The first-order valence-electron chi connectivity index (χ1n) is 9.03. The van der Waals surface area contributed by atoms with Gasteiger partial charge in [-0.05, 0) is 55.9 Å². The Morgan fingerprint density at radius 3 is 2.62 bits per heavy atom. The number of nitrogens with zero attached hydrogens (tertiary/aromatic N) is 2. The Hall–Kier alpha value is -1.84. The Balaban J connectivity index is 2.23. The lowest BCUT2D eigenvalue weighted by Gasteiger charge is -2.49. The van der Waals surface area contributed by atoms with Crippen molar-refractivity contribution in [3.05, 3.63) is 57.0 Å². The van der Waals surface area contributed by atoms with Crippen LogP contribution in [0, 0.1) is 10.1 Å². The van der Waals surface area contributed by atoms with Crippen molar-refractivity contribution in [1.82, 2.24) is 4.90 Å². The van der Waals surface area contributed by atoms with E-state index in [2.05, 4.69) is 39.3 Å². The molecule has 0 aromatic rings. The van der Waals surface area contributed by atoms with E-state index in [1.807, 2.05) is 0 Å². The molecule has 0 amide bonds. The number of nitro groups is 1. The number of rotatable bonds is 7. The molecule has 0 N–H and O–H groups in total. The SMILES string of the molecule is C=C1C2=CC([N+](=O)[O-])=CCC2(C)N(C)C(CCCCCCC)=C1C. The van der Waals surface area contributed by atoms with Gasteiger partial charge in [-0.15, -0.1) is 0 Å². The summed E-state index contributed by atoms with van der Waals surface area (Å²) in [5, 5.41) is 11.1. The molecule has 4 heteroatoms. The molecule has 1 aliphatic carbocycles. The van der Waals surface area contributed by atoms with Crippen LogP contribution >= 0.6 is 0 Å². The maximum atomic E-state index is 11.1. The first-order chi connectivity index (χ1) is 11.3. The summed E-state index contributed by atoms with van der Waals surface area (Å²) in [5.74, 6) is 0. The first kappa shape index (κ1) is 18.5. The molecule has 1 atom stereocenters. The van der Waals surface area contributed by atoms with Crippen molar-refractivity contribution in [3.63, 3.8) is 0 Å². The third-order valence-electron chi connectivity index (χ3n) is 5.66. The Bertz CT molecular complexity index is 628. The fourth-order valence-corrected chi connectivity index (χ4v) is 3.81. The van der Waals surface area contributed by atoms with Crippen molar-refractivity contribution in [2.45, 2.75) is 71.3 Å². The second-order valence-electron chi connectivity index (χ2n) is 7.20. The van der Waals surface area contributed by atoms with Gasteiger partial charge in [0.15, 0.2) is 0 Å². The van der Waals surface area contributed by atoms with Crippen LogP contribution in [0.1, 0.15) is 65.7 Å². The van der Waals surface area contributed by atoms with Crippen molar-refractivity contribution in [2.75, 3.05) is 7.05 Å². The van der Waals surface area contributed by atoms with E-state index in [1.165, 1.54) is 43.4 Å². The topological polar surface area (TPSA) is 46.4 Å². The van der Waals surface area contributed by atoms with E-state index in [4.69, 9.17) is 0 Å². The number of hydrogen-bond acceptors (Lipinski definition) is 3. The quantitative estimate of drug-likeness (QED) is 0.358. The van der Waals surface area contributed by atoms with Gasteiger partial charge in [-0.2, -0.15) is 0 Å². The molecular formula is C20H30N2O2. The van der Waals surface area contributed by atoms with Gasteiger partial charge in [-0.1, -0.05) is 39.2 Å². The molecular weight excluding hydrogens is 300 g/mol. The zero-order valence-corrected chi connectivity index (χ0v) is 15.5. The third-order valence-corrected chi connectivity index (χ3v) is 5.66. The zero-order chi connectivity index (χ0) is 17.9. The fraction of sp³-hybridized carbons (Fsp3) is 0.600. The van der Waals surface area contributed by atoms with Crippen LogP contribution in [0.2, 0.25) is 0 Å². The number of allylic oxidation sites excluding steroid dienone is 3. The van der Waals surface area contributed by atoms with Gasteiger partial charge in [0.1, 0.15) is 0 Å². The Labute approximate surface area is 145 Å². The second kappa shape index (κ2) is 7.37. The van der Waals surface area contributed by atoms with Crippen molar-refractivity contribution in [1.29, 1.82) is 0 Å². The fourth-order valence-electron chi connectivity index (χ4n) is 3.81. The number of hydrogen-bond donors (Lipinski definition) is 0. The largest absolute Gasteiger partial charge is 0.368 e. The van der Waals surface area contributed by atoms with Crippen LogP contribution < -0.4 is 0 Å². The third kappa shape index (κ3) is 3.33. The predicted molar refractivity (Wildman–Crippen MR) is 99.2 cm³/mol. The molecule has 2 aliphatic rings. The van der Waals surface area contributed by atoms with Crippen molar-refractivity contribution >= 4 is 0 Å². The molecule has 0 bridgehead atoms. The summed E-state index contributed by atoms with van der Waals surface area (Å²) in [6.07, 6.45) is 11.5. The van der Waals surface area contributed by atoms with E-state index in [-0.39, 0.29) is 16.2 Å². The van der Waals surface area contributed by atoms with Gasteiger partial charge in [0.05, 0.1) is 10.5 Å². The van der Waals surface area contributed by atoms with E-state index in [0.29, 0.717) is 6.42 Å². The standard InChI is InChI=1S/C20H30N2O2/c1-6-7-8-9-10-11-19-16(3)15(2)18-14-17(22(23)24)12-13-20(18,4)21(19)5/h12,14H,2,6-11,13H2,1,3-5H3. The normalized spacial score (nSPS) is 23.8. The zero-order valence-electron chi connectivity index (χ0n) is 15.5. The summed E-state index contributed by atoms with van der Waals surface area (Å²) in [6.45, 7) is 10.8. The molecule has 1 heterocycles. The van der Waals surface area contributed by atoms with E-state index in [0.717, 1.165) is 17.6 Å². The van der Waals surface area contributed by atoms with Crippen molar-refractivity contribution in [2.24, 2.45) is 0 Å². The Morgan fingerprint density at radius 2 is 2.00 bits per heavy atom. The van der Waals surface area contributed by atoms with Gasteiger partial charge in [0.25, 0.3) is 5.70 Å². The van der Waals surface area contributed by atoms with E-state index in [9.17, 15) is 10.1 Å². The molecule has 132 valence electrons. The molecule has 0 saturated carbocycles. The summed E-state index contributed by atoms with van der Waals surface area (Å²) < 4.78 is 0.